The van der Waals surface area contributed by atoms with E-state index in [1.54, 1.807) is 55.6 Å². The van der Waals surface area contributed by atoms with Crippen LogP contribution in [-0.4, -0.2) is 58.4 Å². The average molecular weight is 648 g/mol. The van der Waals surface area contributed by atoms with Crippen LogP contribution in [0.5, 0.6) is 23.0 Å². The molecule has 0 saturated heterocycles. The van der Waals surface area contributed by atoms with Crippen molar-refractivity contribution >= 4 is 57.2 Å². The van der Waals surface area contributed by atoms with Crippen molar-refractivity contribution in [1.29, 1.82) is 0 Å². The van der Waals surface area contributed by atoms with Crippen LogP contribution in [-0.2, 0) is 20.8 Å². The van der Waals surface area contributed by atoms with E-state index in [1.807, 2.05) is 6.07 Å². The van der Waals surface area contributed by atoms with Gasteiger partial charge in [0.05, 0.1) is 42.7 Å². The molecular formula is C28H28BrClN4O7. The highest BCUT2D eigenvalue weighted by Gasteiger charge is 2.15. The van der Waals surface area contributed by atoms with E-state index in [0.29, 0.717) is 44.4 Å². The molecule has 216 valence electrons. The minimum Gasteiger partial charge on any atom is -0.493 e. The van der Waals surface area contributed by atoms with Gasteiger partial charge in [0.15, 0.2) is 29.6 Å². The van der Waals surface area contributed by atoms with Gasteiger partial charge in [-0.25, -0.2) is 5.43 Å². The summed E-state index contributed by atoms with van der Waals surface area (Å²) in [6.07, 6.45) is 1.81. The van der Waals surface area contributed by atoms with E-state index in [4.69, 9.17) is 30.5 Å². The molecule has 3 amide bonds. The molecule has 13 heteroatoms. The summed E-state index contributed by atoms with van der Waals surface area (Å²) in [5, 5.41) is 9.45. The molecule has 0 heterocycles. The molecule has 3 aromatic rings. The Bertz CT molecular complexity index is 1430. The number of para-hydroxylation sites is 1. The van der Waals surface area contributed by atoms with Crippen LogP contribution in [0.2, 0.25) is 5.02 Å². The fourth-order valence-corrected chi connectivity index (χ4v) is 4.25. The molecule has 0 aromatic heterocycles. The molecule has 0 fully saturated rings. The maximum Gasteiger partial charge on any atom is 0.329 e. The highest BCUT2D eigenvalue weighted by Crippen LogP contribution is 2.36. The number of carbonyl (C=O) groups is 3. The highest BCUT2D eigenvalue weighted by molar-refractivity contribution is 9.10. The number of amides is 3. The van der Waals surface area contributed by atoms with Gasteiger partial charge in [0.1, 0.15) is 0 Å². The Labute approximate surface area is 250 Å². The maximum atomic E-state index is 12.3. The number of carbonyl (C=O) groups excluding carboxylic acids is 3. The zero-order valence-corrected chi connectivity index (χ0v) is 24.8. The van der Waals surface area contributed by atoms with E-state index < -0.39 is 17.7 Å². The molecule has 0 unspecified atom stereocenters. The predicted molar refractivity (Wildman–Crippen MR) is 158 cm³/mol. The lowest BCUT2D eigenvalue weighted by molar-refractivity contribution is -0.139. The zero-order valence-electron chi connectivity index (χ0n) is 22.5. The molecule has 0 radical (unpaired) electrons. The fourth-order valence-electron chi connectivity index (χ4n) is 3.49. The van der Waals surface area contributed by atoms with Crippen LogP contribution in [0.25, 0.3) is 0 Å². The highest BCUT2D eigenvalue weighted by atomic mass is 79.9. The average Bonchev–Trinajstić information content (AvgIpc) is 2.97. The molecule has 0 aliphatic heterocycles. The Balaban J connectivity index is 1.50. The second-order valence-electron chi connectivity index (χ2n) is 8.25. The van der Waals surface area contributed by atoms with E-state index in [-0.39, 0.29) is 18.9 Å². The van der Waals surface area contributed by atoms with Crippen molar-refractivity contribution in [3.05, 3.63) is 75.2 Å². The number of nitrogens with one attached hydrogen (secondary N) is 3. The first-order chi connectivity index (χ1) is 19.7. The summed E-state index contributed by atoms with van der Waals surface area (Å²) < 4.78 is 22.0. The lowest BCUT2D eigenvalue weighted by atomic mass is 10.1. The van der Waals surface area contributed by atoms with E-state index in [1.165, 1.54) is 20.4 Å². The van der Waals surface area contributed by atoms with Crippen LogP contribution < -0.4 is 35.0 Å². The Morgan fingerprint density at radius 1 is 0.927 bits per heavy atom. The van der Waals surface area contributed by atoms with Crippen molar-refractivity contribution in [2.75, 3.05) is 39.8 Å². The van der Waals surface area contributed by atoms with Gasteiger partial charge in [-0.05, 0) is 69.9 Å². The number of ether oxygens (including phenoxy) is 4. The van der Waals surface area contributed by atoms with Crippen LogP contribution in [0.4, 0.5) is 5.69 Å². The molecule has 11 nitrogen and oxygen atoms in total. The van der Waals surface area contributed by atoms with Crippen LogP contribution in [0.15, 0.2) is 64.2 Å². The van der Waals surface area contributed by atoms with E-state index in [0.717, 1.165) is 5.56 Å². The van der Waals surface area contributed by atoms with Gasteiger partial charge < -0.3 is 29.6 Å². The summed E-state index contributed by atoms with van der Waals surface area (Å²) in [7, 11) is 4.52. The molecule has 0 saturated carbocycles. The molecule has 0 bridgehead atoms. The van der Waals surface area contributed by atoms with Gasteiger partial charge in [-0.1, -0.05) is 29.8 Å². The maximum absolute atomic E-state index is 12.3. The standard InChI is InChI=1S/C28H28BrClN4O7/c1-38-22-9-8-17(13-23(22)39-2)10-11-31-27(36)28(37)34-32-15-18-12-19(29)26(24(14-18)40-3)41-16-25(35)33-21-7-5-4-6-20(21)30/h4-9,12-15H,10-11,16H2,1-3H3,(H,31,36)(H,33,35)(H,34,37)/b32-15-. The molecule has 0 aliphatic carbocycles. The Morgan fingerprint density at radius 2 is 1.66 bits per heavy atom. The molecule has 0 aliphatic rings. The quantitative estimate of drug-likeness (QED) is 0.154. The zero-order chi connectivity index (χ0) is 29.8. The molecule has 0 spiro atoms. The molecule has 3 N–H and O–H groups in total. The largest absolute Gasteiger partial charge is 0.493 e. The summed E-state index contributed by atoms with van der Waals surface area (Å²) in [6, 6.07) is 15.5. The smallest absolute Gasteiger partial charge is 0.329 e. The summed E-state index contributed by atoms with van der Waals surface area (Å²) in [4.78, 5) is 36.6. The predicted octanol–water partition coefficient (Wildman–Crippen LogP) is 3.95. The van der Waals surface area contributed by atoms with E-state index in [2.05, 4.69) is 37.1 Å². The van der Waals surface area contributed by atoms with Gasteiger partial charge >= 0.3 is 11.8 Å². The van der Waals surface area contributed by atoms with Crippen LogP contribution in [0, 0.1) is 0 Å². The van der Waals surface area contributed by atoms with Crippen molar-refractivity contribution in [2.45, 2.75) is 6.42 Å². The van der Waals surface area contributed by atoms with Gasteiger partial charge in [-0.15, -0.1) is 0 Å². The number of halogens is 2. The number of hydrogen-bond donors (Lipinski definition) is 3. The third-order valence-electron chi connectivity index (χ3n) is 5.48. The minimum atomic E-state index is -0.927. The monoisotopic (exact) mass is 646 g/mol. The minimum absolute atomic E-state index is 0.230. The van der Waals surface area contributed by atoms with Crippen LogP contribution in [0.3, 0.4) is 0 Å². The lowest BCUT2D eigenvalue weighted by Crippen LogP contribution is -2.38. The second kappa shape index (κ2) is 15.5. The SMILES string of the molecule is COc1ccc(CCNC(=O)C(=O)N/N=C\c2cc(Br)c(OCC(=O)Nc3ccccc3Cl)c(OC)c2)cc1OC. The normalized spacial score (nSPS) is 10.6. The summed E-state index contributed by atoms with van der Waals surface area (Å²) in [6.45, 7) is -0.0712. The van der Waals surface area contributed by atoms with E-state index in [9.17, 15) is 14.4 Å². The number of hydrogen-bond acceptors (Lipinski definition) is 8. The van der Waals surface area contributed by atoms with Crippen molar-refractivity contribution in [1.82, 2.24) is 10.7 Å². The van der Waals surface area contributed by atoms with Crippen molar-refractivity contribution in [2.24, 2.45) is 5.10 Å². The first-order valence-electron chi connectivity index (χ1n) is 12.1. The van der Waals surface area contributed by atoms with E-state index >= 15 is 0 Å². The van der Waals surface area contributed by atoms with Gasteiger partial charge in [0.25, 0.3) is 5.91 Å². The summed E-state index contributed by atoms with van der Waals surface area (Å²) in [5.41, 5.74) is 4.07. The van der Waals surface area contributed by atoms with Gasteiger partial charge in [-0.3, -0.25) is 14.4 Å². The Hall–Kier alpha value is -4.29. The second-order valence-corrected chi connectivity index (χ2v) is 9.51. The number of methoxy groups -OCH3 is 3. The number of anilines is 1. The van der Waals surface area contributed by atoms with Crippen molar-refractivity contribution in [3.8, 4) is 23.0 Å². The van der Waals surface area contributed by atoms with Crippen molar-refractivity contribution in [3.63, 3.8) is 0 Å². The fraction of sp³-hybridized carbons (Fsp3) is 0.214. The van der Waals surface area contributed by atoms with Gasteiger partial charge in [-0.2, -0.15) is 5.10 Å². The summed E-state index contributed by atoms with van der Waals surface area (Å²) in [5.74, 6) is -0.402. The Morgan fingerprint density at radius 3 is 2.37 bits per heavy atom. The first kappa shape index (κ1) is 31.2. The molecule has 0 atom stereocenters. The summed E-state index contributed by atoms with van der Waals surface area (Å²) >= 11 is 9.46. The topological polar surface area (TPSA) is 137 Å². The van der Waals surface area contributed by atoms with Crippen LogP contribution in [0.1, 0.15) is 11.1 Å². The third-order valence-corrected chi connectivity index (χ3v) is 6.40. The first-order valence-corrected chi connectivity index (χ1v) is 13.3. The molecular weight excluding hydrogens is 620 g/mol. The van der Waals surface area contributed by atoms with Crippen LogP contribution >= 0.6 is 27.5 Å². The number of hydrazone groups is 1. The Kier molecular flexibility index (Phi) is 11.8. The number of benzene rings is 3. The molecule has 3 aromatic carbocycles. The van der Waals surface area contributed by atoms with Gasteiger partial charge in [0, 0.05) is 6.54 Å². The number of rotatable bonds is 12. The van der Waals surface area contributed by atoms with Crippen molar-refractivity contribution < 1.29 is 33.3 Å². The third kappa shape index (κ3) is 9.12. The molecule has 41 heavy (non-hydrogen) atoms. The number of nitrogens with zero attached hydrogens (tertiary/aromatic N) is 1. The lowest BCUT2D eigenvalue weighted by Gasteiger charge is -2.14. The van der Waals surface area contributed by atoms with Gasteiger partial charge in [0.2, 0.25) is 0 Å². The molecule has 3 rings (SSSR count).